The lowest BCUT2D eigenvalue weighted by atomic mass is 9.94. The summed E-state index contributed by atoms with van der Waals surface area (Å²) in [5.74, 6) is 1.83. The molecule has 0 fully saturated rings. The van der Waals surface area contributed by atoms with Crippen molar-refractivity contribution in [3.8, 4) is 11.5 Å². The molecule has 0 aliphatic carbocycles. The Labute approximate surface area is 207 Å². The topological polar surface area (TPSA) is 21.7 Å². The number of ether oxygens (including phenoxy) is 2. The van der Waals surface area contributed by atoms with E-state index in [2.05, 4.69) is 97.1 Å². The van der Waals surface area contributed by atoms with Crippen LogP contribution in [-0.4, -0.2) is 38.3 Å². The maximum atomic E-state index is 6.20. The molecule has 0 atom stereocenters. The quantitative estimate of drug-likeness (QED) is 0.268. The lowest BCUT2D eigenvalue weighted by Crippen LogP contribution is -2.28. The van der Waals surface area contributed by atoms with E-state index >= 15 is 0 Å². The average Bonchev–Trinajstić information content (AvgIpc) is 2.84. The van der Waals surface area contributed by atoms with Crippen molar-refractivity contribution in [3.05, 3.63) is 94.5 Å². The molecule has 4 heteroatoms. The summed E-state index contributed by atoms with van der Waals surface area (Å²) in [5, 5.41) is 0. The molecule has 0 unspecified atom stereocenters. The number of aryl methyl sites for hydroxylation is 2. The number of halogens is 1. The van der Waals surface area contributed by atoms with Crippen LogP contribution in [0.25, 0.3) is 10.1 Å². The molecule has 0 heterocycles. The fourth-order valence-corrected chi connectivity index (χ4v) is 4.74. The number of methoxy groups -OCH3 is 1. The van der Waals surface area contributed by atoms with Crippen molar-refractivity contribution >= 4 is 26.0 Å². The van der Waals surface area contributed by atoms with E-state index in [1.807, 2.05) is 18.2 Å². The molecule has 0 bridgehead atoms. The Kier molecular flexibility index (Phi) is 9.16. The van der Waals surface area contributed by atoms with Crippen LogP contribution in [0, 0.1) is 13.8 Å². The van der Waals surface area contributed by atoms with E-state index in [4.69, 9.17) is 9.47 Å². The van der Waals surface area contributed by atoms with E-state index in [1.54, 1.807) is 7.11 Å². The first-order chi connectivity index (χ1) is 16.0. The SMILES string of the molecule is CCN(CC)CCOc1c(C)cc(/C(Br)=C(/c2ccccc2)c2ccc(OC)cc2)cc1C. The highest BCUT2D eigenvalue weighted by Crippen LogP contribution is 2.39. The summed E-state index contributed by atoms with van der Waals surface area (Å²) in [5.41, 5.74) is 6.85. The molecule has 3 nitrogen and oxygen atoms in total. The van der Waals surface area contributed by atoms with Gasteiger partial charge in [-0.3, -0.25) is 0 Å². The van der Waals surface area contributed by atoms with Gasteiger partial charge >= 0.3 is 0 Å². The number of nitrogens with zero attached hydrogens (tertiary/aromatic N) is 1. The van der Waals surface area contributed by atoms with E-state index in [1.165, 1.54) is 0 Å². The summed E-state index contributed by atoms with van der Waals surface area (Å²) < 4.78 is 12.6. The second-order valence-corrected chi connectivity index (χ2v) is 8.89. The Balaban J connectivity index is 1.99. The third-order valence-corrected chi connectivity index (χ3v) is 6.78. The summed E-state index contributed by atoms with van der Waals surface area (Å²) >= 11 is 3.95. The molecule has 3 aromatic carbocycles. The maximum Gasteiger partial charge on any atom is 0.125 e. The molecule has 3 aromatic rings. The monoisotopic (exact) mass is 507 g/mol. The van der Waals surface area contributed by atoms with Crippen molar-refractivity contribution in [2.24, 2.45) is 0 Å². The summed E-state index contributed by atoms with van der Waals surface area (Å²) in [4.78, 5) is 2.37. The van der Waals surface area contributed by atoms with Crippen molar-refractivity contribution in [2.45, 2.75) is 27.7 Å². The van der Waals surface area contributed by atoms with Crippen LogP contribution in [0.3, 0.4) is 0 Å². The van der Waals surface area contributed by atoms with Gasteiger partial charge in [0.2, 0.25) is 0 Å². The fraction of sp³-hybridized carbons (Fsp3) is 0.310. The number of hydrogen-bond acceptors (Lipinski definition) is 3. The van der Waals surface area contributed by atoms with Gasteiger partial charge in [-0.2, -0.15) is 0 Å². The zero-order valence-corrected chi connectivity index (χ0v) is 21.9. The van der Waals surface area contributed by atoms with E-state index in [-0.39, 0.29) is 0 Å². The Hall–Kier alpha value is -2.56. The molecule has 0 aliphatic heterocycles. The van der Waals surface area contributed by atoms with Gasteiger partial charge in [0, 0.05) is 16.6 Å². The lowest BCUT2D eigenvalue weighted by Gasteiger charge is -2.20. The van der Waals surface area contributed by atoms with Crippen LogP contribution in [0.5, 0.6) is 11.5 Å². The molecule has 0 spiro atoms. The highest BCUT2D eigenvalue weighted by molar-refractivity contribution is 9.15. The third kappa shape index (κ3) is 6.27. The highest BCUT2D eigenvalue weighted by Gasteiger charge is 2.15. The smallest absolute Gasteiger partial charge is 0.125 e. The molecular formula is C29H34BrNO2. The van der Waals surface area contributed by atoms with Crippen LogP contribution in [0.2, 0.25) is 0 Å². The predicted octanol–water partition coefficient (Wildman–Crippen LogP) is 7.34. The van der Waals surface area contributed by atoms with Gasteiger partial charge in [-0.05, 0) is 94.9 Å². The molecular weight excluding hydrogens is 474 g/mol. The second-order valence-electron chi connectivity index (χ2n) is 8.10. The van der Waals surface area contributed by atoms with Crippen LogP contribution in [0.4, 0.5) is 0 Å². The third-order valence-electron chi connectivity index (χ3n) is 5.92. The summed E-state index contributed by atoms with van der Waals surface area (Å²) in [7, 11) is 1.69. The average molecular weight is 509 g/mol. The first-order valence-electron chi connectivity index (χ1n) is 11.5. The molecule has 0 saturated heterocycles. The molecule has 0 aromatic heterocycles. The van der Waals surface area contributed by atoms with Crippen LogP contribution in [-0.2, 0) is 0 Å². The van der Waals surface area contributed by atoms with Gasteiger partial charge < -0.3 is 14.4 Å². The minimum atomic E-state index is 0.695. The minimum absolute atomic E-state index is 0.695. The first-order valence-corrected chi connectivity index (χ1v) is 12.3. The van der Waals surface area contributed by atoms with Crippen LogP contribution < -0.4 is 9.47 Å². The van der Waals surface area contributed by atoms with E-state index in [9.17, 15) is 0 Å². The number of benzene rings is 3. The maximum absolute atomic E-state index is 6.20. The van der Waals surface area contributed by atoms with Crippen molar-refractivity contribution in [1.29, 1.82) is 0 Å². The summed E-state index contributed by atoms with van der Waals surface area (Å²) in [6.45, 7) is 12.3. The van der Waals surface area contributed by atoms with E-state index in [0.29, 0.717) is 6.61 Å². The van der Waals surface area contributed by atoms with Gasteiger partial charge in [-0.25, -0.2) is 0 Å². The molecule has 33 heavy (non-hydrogen) atoms. The van der Waals surface area contributed by atoms with Gasteiger partial charge in [0.1, 0.15) is 18.1 Å². The number of rotatable bonds is 10. The zero-order chi connectivity index (χ0) is 23.8. The van der Waals surface area contributed by atoms with Gasteiger partial charge in [0.05, 0.1) is 7.11 Å². The van der Waals surface area contributed by atoms with E-state index in [0.717, 1.165) is 69.0 Å². The summed E-state index contributed by atoms with van der Waals surface area (Å²) in [6.07, 6.45) is 0. The second kappa shape index (κ2) is 12.1. The Morgan fingerprint density at radius 1 is 0.818 bits per heavy atom. The van der Waals surface area contributed by atoms with Gasteiger partial charge in [-0.15, -0.1) is 0 Å². The Bertz CT molecular complexity index is 1050. The molecule has 0 saturated carbocycles. The van der Waals surface area contributed by atoms with Crippen molar-refractivity contribution in [3.63, 3.8) is 0 Å². The van der Waals surface area contributed by atoms with Gasteiger partial charge in [0.15, 0.2) is 0 Å². The zero-order valence-electron chi connectivity index (χ0n) is 20.3. The fourth-order valence-electron chi connectivity index (χ4n) is 4.05. The van der Waals surface area contributed by atoms with Crippen molar-refractivity contribution in [1.82, 2.24) is 4.90 Å². The van der Waals surface area contributed by atoms with Gasteiger partial charge in [-0.1, -0.05) is 56.3 Å². The molecule has 174 valence electrons. The highest BCUT2D eigenvalue weighted by atomic mass is 79.9. The van der Waals surface area contributed by atoms with Crippen molar-refractivity contribution in [2.75, 3.05) is 33.4 Å². The molecule has 0 amide bonds. The van der Waals surface area contributed by atoms with Crippen LogP contribution in [0.1, 0.15) is 41.7 Å². The molecule has 0 radical (unpaired) electrons. The first kappa shape index (κ1) is 25.1. The van der Waals surface area contributed by atoms with Gasteiger partial charge in [0.25, 0.3) is 0 Å². The van der Waals surface area contributed by atoms with E-state index < -0.39 is 0 Å². The number of likely N-dealkylation sites (N-methyl/N-ethyl adjacent to an activating group) is 1. The molecule has 0 aliphatic rings. The number of hydrogen-bond donors (Lipinski definition) is 0. The van der Waals surface area contributed by atoms with Crippen molar-refractivity contribution < 1.29 is 9.47 Å². The normalized spacial score (nSPS) is 12.0. The van der Waals surface area contributed by atoms with Crippen LogP contribution in [0.15, 0.2) is 66.7 Å². The molecule has 3 rings (SSSR count). The molecule has 0 N–H and O–H groups in total. The minimum Gasteiger partial charge on any atom is -0.497 e. The standard InChI is InChI=1S/C29H34BrNO2/c1-6-31(7-2)17-18-33-29-21(3)19-25(20-22(29)4)28(30)27(23-11-9-8-10-12-23)24-13-15-26(32-5)16-14-24/h8-16,19-20H,6-7,17-18H2,1-5H3/b28-27+. The Morgan fingerprint density at radius 2 is 1.39 bits per heavy atom. The Morgan fingerprint density at radius 3 is 1.94 bits per heavy atom. The van der Waals surface area contributed by atoms with Crippen LogP contribution >= 0.6 is 15.9 Å². The predicted molar refractivity (Wildman–Crippen MR) is 143 cm³/mol. The lowest BCUT2D eigenvalue weighted by molar-refractivity contribution is 0.221. The summed E-state index contributed by atoms with van der Waals surface area (Å²) in [6, 6.07) is 23.1. The largest absolute Gasteiger partial charge is 0.497 e.